The predicted molar refractivity (Wildman–Crippen MR) is 129 cm³/mol. The topological polar surface area (TPSA) is 48.0 Å². The third kappa shape index (κ3) is 4.12. The van der Waals surface area contributed by atoms with Crippen LogP contribution in [0.4, 0.5) is 0 Å². The van der Waals surface area contributed by atoms with E-state index in [1.54, 1.807) is 32.3 Å². The average molecular weight is 527 g/mol. The van der Waals surface area contributed by atoms with E-state index in [2.05, 4.69) is 28.7 Å². The van der Waals surface area contributed by atoms with Crippen molar-refractivity contribution in [2.24, 2.45) is 0 Å². The van der Waals surface area contributed by atoms with Gasteiger partial charge in [-0.15, -0.1) is 0 Å². The van der Waals surface area contributed by atoms with Crippen LogP contribution in [0.2, 0.25) is 0 Å². The Morgan fingerprint density at radius 3 is 2.13 bits per heavy atom. The Morgan fingerprint density at radius 1 is 0.871 bits per heavy atom. The molecular formula is C25H22INO4. The number of nitrogens with zero attached hydrogens (tertiary/aromatic N) is 1. The maximum Gasteiger partial charge on any atom is 0.259 e. The number of methoxy groups -OCH3 is 3. The lowest BCUT2D eigenvalue weighted by molar-refractivity contribution is 0.0843. The van der Waals surface area contributed by atoms with Crippen molar-refractivity contribution in [3.63, 3.8) is 0 Å². The van der Waals surface area contributed by atoms with Crippen LogP contribution in [0, 0.1) is 3.57 Å². The number of halogens is 1. The lowest BCUT2D eigenvalue weighted by Crippen LogP contribution is -2.22. The molecule has 1 amide bonds. The molecule has 1 aliphatic heterocycles. The van der Waals surface area contributed by atoms with Crippen LogP contribution in [-0.2, 0) is 6.54 Å². The summed E-state index contributed by atoms with van der Waals surface area (Å²) >= 11 is 2.31. The Hall–Kier alpha value is -3.00. The number of rotatable bonds is 6. The van der Waals surface area contributed by atoms with Crippen LogP contribution in [0.5, 0.6) is 17.2 Å². The molecule has 0 bridgehead atoms. The molecule has 0 unspecified atom stereocenters. The number of carbonyl (C=O) groups excluding carboxylic acids is 1. The van der Waals surface area contributed by atoms with Gasteiger partial charge in [0.1, 0.15) is 5.75 Å². The quantitative estimate of drug-likeness (QED) is 0.399. The Balaban J connectivity index is 1.83. The zero-order chi connectivity index (χ0) is 22.0. The summed E-state index contributed by atoms with van der Waals surface area (Å²) in [5.41, 5.74) is 4.32. The fourth-order valence-electron chi connectivity index (χ4n) is 3.63. The van der Waals surface area contributed by atoms with Gasteiger partial charge in [-0.3, -0.25) is 4.79 Å². The molecule has 3 aromatic carbocycles. The summed E-state index contributed by atoms with van der Waals surface area (Å²) in [5.74, 6) is 1.84. The van der Waals surface area contributed by atoms with Crippen molar-refractivity contribution in [3.05, 3.63) is 86.5 Å². The molecule has 0 fully saturated rings. The maximum atomic E-state index is 13.4. The van der Waals surface area contributed by atoms with E-state index in [1.165, 1.54) is 0 Å². The molecule has 0 saturated carbocycles. The minimum Gasteiger partial charge on any atom is -0.497 e. The summed E-state index contributed by atoms with van der Waals surface area (Å²) in [5, 5.41) is 0. The third-order valence-electron chi connectivity index (χ3n) is 5.26. The average Bonchev–Trinajstić information content (AvgIpc) is 3.05. The summed E-state index contributed by atoms with van der Waals surface area (Å²) in [6.45, 7) is 0.442. The van der Waals surface area contributed by atoms with Gasteiger partial charge >= 0.3 is 0 Å². The zero-order valence-corrected chi connectivity index (χ0v) is 19.7. The van der Waals surface area contributed by atoms with Crippen LogP contribution in [0.1, 0.15) is 27.0 Å². The van der Waals surface area contributed by atoms with E-state index in [9.17, 15) is 4.79 Å². The maximum absolute atomic E-state index is 13.4. The minimum absolute atomic E-state index is 0.0658. The van der Waals surface area contributed by atoms with Gasteiger partial charge in [-0.1, -0.05) is 30.3 Å². The molecule has 0 saturated heterocycles. The lowest BCUT2D eigenvalue weighted by atomic mass is 10.0. The Labute approximate surface area is 195 Å². The molecule has 0 spiro atoms. The monoisotopic (exact) mass is 527 g/mol. The molecule has 0 aromatic heterocycles. The van der Waals surface area contributed by atoms with Gasteiger partial charge in [-0.2, -0.15) is 0 Å². The first-order valence-electron chi connectivity index (χ1n) is 9.73. The van der Waals surface area contributed by atoms with Crippen LogP contribution in [-0.4, -0.2) is 32.1 Å². The molecule has 31 heavy (non-hydrogen) atoms. The highest BCUT2D eigenvalue weighted by atomic mass is 127. The van der Waals surface area contributed by atoms with E-state index >= 15 is 0 Å². The molecule has 3 aromatic rings. The molecule has 5 nitrogen and oxygen atoms in total. The minimum atomic E-state index is -0.0658. The van der Waals surface area contributed by atoms with Gasteiger partial charge in [0.05, 0.1) is 39.1 Å². The van der Waals surface area contributed by atoms with Gasteiger partial charge in [0.15, 0.2) is 11.5 Å². The fraction of sp³-hybridized carbons (Fsp3) is 0.160. The second-order valence-corrected chi connectivity index (χ2v) is 8.21. The van der Waals surface area contributed by atoms with Crippen molar-refractivity contribution < 1.29 is 19.0 Å². The molecule has 158 valence electrons. The van der Waals surface area contributed by atoms with Gasteiger partial charge in [-0.05, 0) is 70.1 Å². The standard InChI is InChI=1S/C25H22INO4/c1-29-18-10-8-16(9-11-18)15-27-22(12-17-6-4-5-7-21(17)26)19-13-23(30-2)24(31-3)14-20(19)25(27)28/h4-14H,15H2,1-3H3/b22-12+. The van der Waals surface area contributed by atoms with Gasteiger partial charge < -0.3 is 19.1 Å². The first-order chi connectivity index (χ1) is 15.0. The zero-order valence-electron chi connectivity index (χ0n) is 17.5. The number of benzene rings is 3. The lowest BCUT2D eigenvalue weighted by Gasteiger charge is -2.19. The highest BCUT2D eigenvalue weighted by molar-refractivity contribution is 14.1. The molecule has 0 atom stereocenters. The van der Waals surface area contributed by atoms with E-state index in [-0.39, 0.29) is 5.91 Å². The number of fused-ring (bicyclic) bond motifs is 1. The van der Waals surface area contributed by atoms with E-state index in [4.69, 9.17) is 14.2 Å². The highest BCUT2D eigenvalue weighted by Crippen LogP contribution is 2.42. The van der Waals surface area contributed by atoms with Gasteiger partial charge in [0, 0.05) is 9.13 Å². The Kier molecular flexibility index (Phi) is 6.18. The molecule has 0 aliphatic carbocycles. The Bertz CT molecular complexity index is 1150. The van der Waals surface area contributed by atoms with Gasteiger partial charge in [-0.25, -0.2) is 0 Å². The van der Waals surface area contributed by atoms with Crippen LogP contribution in [0.25, 0.3) is 11.8 Å². The van der Waals surface area contributed by atoms with Crippen molar-refractivity contribution in [3.8, 4) is 17.2 Å². The second-order valence-electron chi connectivity index (χ2n) is 7.04. The van der Waals surface area contributed by atoms with Gasteiger partial charge in [0.25, 0.3) is 5.91 Å². The number of amides is 1. The van der Waals surface area contributed by atoms with Crippen LogP contribution < -0.4 is 14.2 Å². The smallest absolute Gasteiger partial charge is 0.259 e. The van der Waals surface area contributed by atoms with Crippen molar-refractivity contribution in [2.75, 3.05) is 21.3 Å². The summed E-state index contributed by atoms with van der Waals surface area (Å²) in [7, 11) is 4.81. The second kappa shape index (κ2) is 9.01. The largest absolute Gasteiger partial charge is 0.497 e. The van der Waals surface area contributed by atoms with E-state index in [0.717, 1.165) is 31.7 Å². The molecular weight excluding hydrogens is 505 g/mol. The number of hydrogen-bond donors (Lipinski definition) is 0. The summed E-state index contributed by atoms with van der Waals surface area (Å²) < 4.78 is 17.3. The molecule has 0 radical (unpaired) electrons. The van der Waals surface area contributed by atoms with Crippen molar-refractivity contribution in [1.82, 2.24) is 4.90 Å². The normalized spacial score (nSPS) is 14.0. The number of hydrogen-bond acceptors (Lipinski definition) is 4. The molecule has 1 heterocycles. The van der Waals surface area contributed by atoms with Crippen molar-refractivity contribution in [2.45, 2.75) is 6.54 Å². The third-order valence-corrected chi connectivity index (χ3v) is 6.25. The van der Waals surface area contributed by atoms with E-state index in [0.29, 0.717) is 23.6 Å². The van der Waals surface area contributed by atoms with E-state index < -0.39 is 0 Å². The van der Waals surface area contributed by atoms with Crippen LogP contribution >= 0.6 is 22.6 Å². The van der Waals surface area contributed by atoms with Crippen molar-refractivity contribution >= 4 is 40.3 Å². The first-order valence-corrected chi connectivity index (χ1v) is 10.8. The molecule has 6 heteroatoms. The summed E-state index contributed by atoms with van der Waals surface area (Å²) in [6.07, 6.45) is 2.06. The number of carbonyl (C=O) groups is 1. The summed E-state index contributed by atoms with van der Waals surface area (Å²) in [6, 6.07) is 19.5. The molecule has 4 rings (SSSR count). The summed E-state index contributed by atoms with van der Waals surface area (Å²) in [4.78, 5) is 15.2. The van der Waals surface area contributed by atoms with Crippen LogP contribution in [0.15, 0.2) is 60.7 Å². The fourth-order valence-corrected chi connectivity index (χ4v) is 4.18. The van der Waals surface area contributed by atoms with E-state index in [1.807, 2.05) is 54.6 Å². The number of ether oxygens (including phenoxy) is 3. The van der Waals surface area contributed by atoms with Gasteiger partial charge in [0.2, 0.25) is 0 Å². The first kappa shape index (κ1) is 21.2. The van der Waals surface area contributed by atoms with Crippen molar-refractivity contribution in [1.29, 1.82) is 0 Å². The van der Waals surface area contributed by atoms with Crippen LogP contribution in [0.3, 0.4) is 0 Å². The highest BCUT2D eigenvalue weighted by Gasteiger charge is 2.34. The SMILES string of the molecule is COc1ccc(CN2C(=O)c3cc(OC)c(OC)cc3/C2=C\c2ccccc2I)cc1. The molecule has 1 aliphatic rings. The molecule has 0 N–H and O–H groups in total. The Morgan fingerprint density at radius 2 is 1.52 bits per heavy atom. The predicted octanol–water partition coefficient (Wildman–Crippen LogP) is 5.47.